The summed E-state index contributed by atoms with van der Waals surface area (Å²) in [5.41, 5.74) is 3.72. The molecule has 0 spiro atoms. The van der Waals surface area contributed by atoms with Crippen molar-refractivity contribution in [1.82, 2.24) is 15.0 Å². The number of fused-ring (bicyclic) bond motifs is 2. The zero-order chi connectivity index (χ0) is 19.8. The summed E-state index contributed by atoms with van der Waals surface area (Å²) in [6.07, 6.45) is 1.61. The number of nitrogens with zero attached hydrogens (tertiary/aromatic N) is 3. The normalized spacial score (nSPS) is 13.6. The minimum absolute atomic E-state index is 0.100. The van der Waals surface area contributed by atoms with E-state index < -0.39 is 17.5 Å². The highest BCUT2D eigenvalue weighted by molar-refractivity contribution is 6.01. The number of aryl methyl sites for hydroxylation is 1. The van der Waals surface area contributed by atoms with Crippen LogP contribution in [-0.4, -0.2) is 21.2 Å². The number of hydrazone groups is 1. The number of carbonyl (C=O) groups is 1. The average Bonchev–Trinajstić information content (AvgIpc) is 3.16. The number of hydrogen-bond acceptors (Lipinski definition) is 4. The summed E-state index contributed by atoms with van der Waals surface area (Å²) in [7, 11) is 0. The number of nitrogens with one attached hydrogen (secondary N) is 1. The summed E-state index contributed by atoms with van der Waals surface area (Å²) in [6.45, 7) is 2.23. The van der Waals surface area contributed by atoms with E-state index in [0.717, 1.165) is 30.8 Å². The molecular weight excluding hydrogens is 366 g/mol. The van der Waals surface area contributed by atoms with Gasteiger partial charge in [0.05, 0.1) is 16.6 Å². The number of halogens is 2. The molecule has 2 heterocycles. The molecule has 6 nitrogen and oxygen atoms in total. The molecule has 0 bridgehead atoms. The lowest BCUT2D eigenvalue weighted by Crippen LogP contribution is -2.22. The molecule has 0 aliphatic carbocycles. The van der Waals surface area contributed by atoms with Crippen LogP contribution < -0.4 is 11.0 Å². The maximum Gasteiger partial charge on any atom is 0.271 e. The third-order valence-electron chi connectivity index (χ3n) is 4.74. The number of carbonyl (C=O) groups excluding carboxylic acids is 1. The molecule has 142 valence electrons. The van der Waals surface area contributed by atoms with Crippen LogP contribution in [0.2, 0.25) is 0 Å². The SMILES string of the molecule is C/C(=N/NC(=O)c1ccc2c(=O)n3c(nc2c1)CCC3)c1ccc(F)c(F)c1. The van der Waals surface area contributed by atoms with E-state index in [1.165, 1.54) is 12.1 Å². The number of aromatic nitrogens is 2. The predicted molar refractivity (Wildman–Crippen MR) is 100 cm³/mol. The number of amides is 1. The molecule has 0 fully saturated rings. The summed E-state index contributed by atoms with van der Waals surface area (Å²) < 4.78 is 28.0. The van der Waals surface area contributed by atoms with E-state index in [1.807, 2.05) is 0 Å². The Morgan fingerprint density at radius 2 is 1.93 bits per heavy atom. The first kappa shape index (κ1) is 18.0. The van der Waals surface area contributed by atoms with Crippen LogP contribution in [0.1, 0.15) is 35.1 Å². The fraction of sp³-hybridized carbons (Fsp3) is 0.200. The number of hydrogen-bond donors (Lipinski definition) is 1. The minimum atomic E-state index is -0.988. The smallest absolute Gasteiger partial charge is 0.271 e. The molecule has 1 aliphatic rings. The monoisotopic (exact) mass is 382 g/mol. The van der Waals surface area contributed by atoms with Crippen molar-refractivity contribution in [2.24, 2.45) is 5.10 Å². The van der Waals surface area contributed by atoms with Gasteiger partial charge in [0.25, 0.3) is 11.5 Å². The minimum Gasteiger partial charge on any atom is -0.296 e. The maximum absolute atomic E-state index is 13.3. The summed E-state index contributed by atoms with van der Waals surface area (Å²) >= 11 is 0. The number of benzene rings is 2. The van der Waals surface area contributed by atoms with Crippen molar-refractivity contribution in [1.29, 1.82) is 0 Å². The summed E-state index contributed by atoms with van der Waals surface area (Å²) in [6, 6.07) is 8.04. The fourth-order valence-electron chi connectivity index (χ4n) is 3.21. The molecule has 28 heavy (non-hydrogen) atoms. The van der Waals surface area contributed by atoms with Crippen molar-refractivity contribution in [2.75, 3.05) is 0 Å². The molecular formula is C20H16F2N4O2. The third kappa shape index (κ3) is 3.17. The van der Waals surface area contributed by atoms with Crippen LogP contribution in [-0.2, 0) is 13.0 Å². The van der Waals surface area contributed by atoms with Gasteiger partial charge < -0.3 is 0 Å². The first-order chi connectivity index (χ1) is 13.4. The maximum atomic E-state index is 13.3. The molecule has 1 aliphatic heterocycles. The van der Waals surface area contributed by atoms with Gasteiger partial charge in [0, 0.05) is 24.1 Å². The van der Waals surface area contributed by atoms with E-state index in [2.05, 4.69) is 15.5 Å². The first-order valence-corrected chi connectivity index (χ1v) is 8.77. The van der Waals surface area contributed by atoms with Crippen molar-refractivity contribution in [3.05, 3.63) is 75.3 Å². The first-order valence-electron chi connectivity index (χ1n) is 8.77. The highest BCUT2D eigenvalue weighted by Crippen LogP contribution is 2.16. The molecule has 2 aromatic carbocycles. The fourth-order valence-corrected chi connectivity index (χ4v) is 3.21. The van der Waals surface area contributed by atoms with Gasteiger partial charge in [-0.3, -0.25) is 14.2 Å². The largest absolute Gasteiger partial charge is 0.296 e. The Morgan fingerprint density at radius 3 is 2.71 bits per heavy atom. The highest BCUT2D eigenvalue weighted by Gasteiger charge is 2.17. The molecule has 1 amide bonds. The molecule has 0 saturated heterocycles. The molecule has 1 aromatic heterocycles. The predicted octanol–water partition coefficient (Wildman–Crippen LogP) is 2.77. The summed E-state index contributed by atoms with van der Waals surface area (Å²) in [4.78, 5) is 29.4. The second-order valence-corrected chi connectivity index (χ2v) is 6.59. The van der Waals surface area contributed by atoms with Gasteiger partial charge >= 0.3 is 0 Å². The van der Waals surface area contributed by atoms with Crippen LogP contribution in [0.3, 0.4) is 0 Å². The lowest BCUT2D eigenvalue weighted by atomic mass is 10.1. The van der Waals surface area contributed by atoms with E-state index >= 15 is 0 Å². The van der Waals surface area contributed by atoms with Gasteiger partial charge in [-0.05, 0) is 49.7 Å². The Bertz CT molecular complexity index is 1200. The number of rotatable bonds is 3. The highest BCUT2D eigenvalue weighted by atomic mass is 19.2. The van der Waals surface area contributed by atoms with Crippen molar-refractivity contribution >= 4 is 22.5 Å². The van der Waals surface area contributed by atoms with Crippen LogP contribution in [0.5, 0.6) is 0 Å². The standard InChI is InChI=1S/C20H16F2N4O2/c1-11(12-5-7-15(21)16(22)9-12)24-25-19(27)13-4-6-14-17(10-13)23-18-3-2-8-26(18)20(14)28/h4-7,9-10H,2-3,8H2,1H3,(H,25,27)/b24-11-. The van der Waals surface area contributed by atoms with Gasteiger partial charge in [-0.25, -0.2) is 19.2 Å². The van der Waals surface area contributed by atoms with Gasteiger partial charge in [-0.15, -0.1) is 0 Å². The Labute approximate surface area is 158 Å². The molecule has 0 atom stereocenters. The van der Waals surface area contributed by atoms with Crippen LogP contribution in [0, 0.1) is 11.6 Å². The van der Waals surface area contributed by atoms with Crippen molar-refractivity contribution in [3.8, 4) is 0 Å². The summed E-state index contributed by atoms with van der Waals surface area (Å²) in [5.74, 6) is -1.71. The van der Waals surface area contributed by atoms with E-state index in [1.54, 1.807) is 23.6 Å². The van der Waals surface area contributed by atoms with Crippen LogP contribution >= 0.6 is 0 Å². The van der Waals surface area contributed by atoms with Gasteiger partial charge in [-0.2, -0.15) is 5.10 Å². The van der Waals surface area contributed by atoms with Crippen molar-refractivity contribution in [2.45, 2.75) is 26.3 Å². The Kier molecular flexibility index (Phi) is 4.46. The zero-order valence-corrected chi connectivity index (χ0v) is 15.0. The van der Waals surface area contributed by atoms with E-state index in [9.17, 15) is 18.4 Å². The quantitative estimate of drug-likeness (QED) is 0.559. The lowest BCUT2D eigenvalue weighted by Gasteiger charge is -2.07. The van der Waals surface area contributed by atoms with Crippen LogP contribution in [0.15, 0.2) is 46.3 Å². The second kappa shape index (κ2) is 6.95. The Balaban J connectivity index is 1.59. The Morgan fingerprint density at radius 1 is 1.14 bits per heavy atom. The second-order valence-electron chi connectivity index (χ2n) is 6.59. The topological polar surface area (TPSA) is 76.3 Å². The van der Waals surface area contributed by atoms with Crippen molar-refractivity contribution in [3.63, 3.8) is 0 Å². The molecule has 4 rings (SSSR count). The van der Waals surface area contributed by atoms with Crippen molar-refractivity contribution < 1.29 is 13.6 Å². The van der Waals surface area contributed by atoms with E-state index in [-0.39, 0.29) is 5.56 Å². The van der Waals surface area contributed by atoms with Gasteiger partial charge in [0.1, 0.15) is 5.82 Å². The zero-order valence-electron chi connectivity index (χ0n) is 15.0. The molecule has 0 radical (unpaired) electrons. The van der Waals surface area contributed by atoms with Gasteiger partial charge in [-0.1, -0.05) is 0 Å². The molecule has 0 unspecified atom stereocenters. The van der Waals surface area contributed by atoms with Crippen LogP contribution in [0.25, 0.3) is 10.9 Å². The average molecular weight is 382 g/mol. The molecule has 1 N–H and O–H groups in total. The van der Waals surface area contributed by atoms with Crippen LogP contribution in [0.4, 0.5) is 8.78 Å². The van der Waals surface area contributed by atoms with Gasteiger partial charge in [0.2, 0.25) is 0 Å². The lowest BCUT2D eigenvalue weighted by molar-refractivity contribution is 0.0955. The molecule has 8 heteroatoms. The summed E-state index contributed by atoms with van der Waals surface area (Å²) in [5, 5.41) is 4.40. The third-order valence-corrected chi connectivity index (χ3v) is 4.74. The Hall–Kier alpha value is -3.42. The molecule has 0 saturated carbocycles. The molecule has 3 aromatic rings. The van der Waals surface area contributed by atoms with E-state index in [4.69, 9.17) is 0 Å². The van der Waals surface area contributed by atoms with Gasteiger partial charge in [0.15, 0.2) is 11.6 Å². The van der Waals surface area contributed by atoms with E-state index in [0.29, 0.717) is 34.3 Å².